The molecule has 0 fully saturated rings. The molecule has 3 N–H and O–H groups in total. The highest BCUT2D eigenvalue weighted by molar-refractivity contribution is 7.60. The van der Waals surface area contributed by atoms with Gasteiger partial charge in [-0.15, -0.1) is 0 Å². The first-order valence-corrected chi connectivity index (χ1v) is 10.9. The number of para-hydroxylation sites is 1. The molecule has 2 aromatic carbocycles. The van der Waals surface area contributed by atoms with E-state index in [0.29, 0.717) is 0 Å². The van der Waals surface area contributed by atoms with Crippen LogP contribution in [0.15, 0.2) is 73.0 Å². The molecule has 0 aliphatic carbocycles. The molecule has 0 unspecified atom stereocenters. The van der Waals surface area contributed by atoms with Gasteiger partial charge in [0.05, 0.1) is 10.7 Å². The van der Waals surface area contributed by atoms with E-state index in [4.69, 9.17) is 0 Å². The Balaban J connectivity index is 1.86. The van der Waals surface area contributed by atoms with Crippen molar-refractivity contribution in [1.82, 2.24) is 0 Å². The van der Waals surface area contributed by atoms with Crippen LogP contribution in [0.5, 0.6) is 0 Å². The van der Waals surface area contributed by atoms with Crippen molar-refractivity contribution in [3.05, 3.63) is 78.5 Å². The number of anilines is 1. The largest absolute Gasteiger partial charge is 0.362 e. The Morgan fingerprint density at radius 3 is 2.46 bits per heavy atom. The summed E-state index contributed by atoms with van der Waals surface area (Å²) in [6.07, 6.45) is 7.85. The van der Waals surface area contributed by atoms with Crippen molar-refractivity contribution >= 4 is 30.0 Å². The van der Waals surface area contributed by atoms with E-state index in [1.807, 2.05) is 54.8 Å². The Bertz CT molecular complexity index is 1000. The fourth-order valence-electron chi connectivity index (χ4n) is 3.57. The van der Waals surface area contributed by atoms with Gasteiger partial charge < -0.3 is 15.1 Å². The number of benzene rings is 2. The van der Waals surface area contributed by atoms with Crippen LogP contribution in [0.4, 0.5) is 11.4 Å². The highest BCUT2D eigenvalue weighted by Crippen LogP contribution is 2.42. The Morgan fingerprint density at radius 2 is 1.82 bits per heavy atom. The smallest absolute Gasteiger partial charge is 0.356 e. The zero-order chi connectivity index (χ0) is 20.4. The molecule has 1 heterocycles. The predicted octanol–water partition coefficient (Wildman–Crippen LogP) is 4.07. The molecule has 0 radical (unpaired) electrons. The standard InChI is InChI=1S/C22H25N2O3P/c1-4-24-20-14-13-18(28(25,26)27)16-19(20)22(2,3)21(24)12-8-9-15-23-17-10-6-5-7-11-17/h5-16H,4H2,1-3H3,(H2,25,26,27)/p+1. The SMILES string of the molecule is CC[N+]1=C(/C=C/C=C/Nc2ccccc2)C(C)(C)c2cc(P(=O)(O)O)ccc21. The Kier molecular flexibility index (Phi) is 5.71. The van der Waals surface area contributed by atoms with Crippen LogP contribution in [-0.2, 0) is 9.98 Å². The van der Waals surface area contributed by atoms with Crippen molar-refractivity contribution in [3.8, 4) is 0 Å². The monoisotopic (exact) mass is 397 g/mol. The zero-order valence-electron chi connectivity index (χ0n) is 16.3. The van der Waals surface area contributed by atoms with Gasteiger partial charge in [0.25, 0.3) is 0 Å². The van der Waals surface area contributed by atoms with Crippen molar-refractivity contribution < 1.29 is 18.9 Å². The van der Waals surface area contributed by atoms with Crippen molar-refractivity contribution in [2.24, 2.45) is 0 Å². The first-order valence-electron chi connectivity index (χ1n) is 9.25. The molecule has 28 heavy (non-hydrogen) atoms. The van der Waals surface area contributed by atoms with Crippen LogP contribution in [0.25, 0.3) is 0 Å². The maximum absolute atomic E-state index is 11.7. The topological polar surface area (TPSA) is 72.6 Å². The molecule has 146 valence electrons. The zero-order valence-corrected chi connectivity index (χ0v) is 17.2. The quantitative estimate of drug-likeness (QED) is 0.390. The molecule has 2 aromatic rings. The Labute approximate surface area is 165 Å². The summed E-state index contributed by atoms with van der Waals surface area (Å²) in [6, 6.07) is 14.9. The molecule has 6 heteroatoms. The highest BCUT2D eigenvalue weighted by Gasteiger charge is 2.44. The van der Waals surface area contributed by atoms with Crippen molar-refractivity contribution in [2.75, 3.05) is 11.9 Å². The van der Waals surface area contributed by atoms with E-state index < -0.39 is 7.60 Å². The van der Waals surface area contributed by atoms with Crippen molar-refractivity contribution in [3.63, 3.8) is 0 Å². The minimum atomic E-state index is -4.28. The van der Waals surface area contributed by atoms with Crippen LogP contribution in [0.2, 0.25) is 0 Å². The van der Waals surface area contributed by atoms with E-state index in [9.17, 15) is 14.4 Å². The average Bonchev–Trinajstić information content (AvgIpc) is 2.88. The Morgan fingerprint density at radius 1 is 1.11 bits per heavy atom. The fraction of sp³-hybridized carbons (Fsp3) is 0.227. The minimum Gasteiger partial charge on any atom is -0.362 e. The predicted molar refractivity (Wildman–Crippen MR) is 115 cm³/mol. The molecular formula is C22H26N2O3P+. The molecule has 3 rings (SSSR count). The second-order valence-corrected chi connectivity index (χ2v) is 8.83. The molecule has 0 aromatic heterocycles. The number of hydrogen-bond donors (Lipinski definition) is 3. The number of nitrogens with one attached hydrogen (secondary N) is 1. The van der Waals surface area contributed by atoms with E-state index >= 15 is 0 Å². The molecule has 0 spiro atoms. The van der Waals surface area contributed by atoms with Crippen LogP contribution in [0, 0.1) is 0 Å². The van der Waals surface area contributed by atoms with E-state index in [1.165, 1.54) is 6.07 Å². The lowest BCUT2D eigenvalue weighted by Gasteiger charge is -2.16. The lowest BCUT2D eigenvalue weighted by molar-refractivity contribution is -0.433. The first-order chi connectivity index (χ1) is 13.2. The molecule has 1 aliphatic rings. The molecule has 1 aliphatic heterocycles. The normalized spacial score (nSPS) is 16.2. The van der Waals surface area contributed by atoms with Gasteiger partial charge in [-0.1, -0.05) is 24.3 Å². The third kappa shape index (κ3) is 4.02. The van der Waals surface area contributed by atoms with Gasteiger partial charge in [0.1, 0.15) is 6.54 Å². The summed E-state index contributed by atoms with van der Waals surface area (Å²) in [5, 5.41) is 3.28. The maximum atomic E-state index is 11.7. The van der Waals surface area contributed by atoms with Gasteiger partial charge in [-0.3, -0.25) is 4.57 Å². The maximum Gasteiger partial charge on any atom is 0.356 e. The van der Waals surface area contributed by atoms with Crippen LogP contribution in [0.1, 0.15) is 26.3 Å². The van der Waals surface area contributed by atoms with Crippen molar-refractivity contribution in [1.29, 1.82) is 0 Å². The summed E-state index contributed by atoms with van der Waals surface area (Å²) in [5.41, 5.74) is 3.69. The average molecular weight is 397 g/mol. The summed E-state index contributed by atoms with van der Waals surface area (Å²) >= 11 is 0. The third-order valence-corrected chi connectivity index (χ3v) is 5.96. The fourth-order valence-corrected chi connectivity index (χ4v) is 4.13. The molecule has 0 bridgehead atoms. The number of hydrogen-bond acceptors (Lipinski definition) is 2. The summed E-state index contributed by atoms with van der Waals surface area (Å²) in [4.78, 5) is 19.1. The third-order valence-electron chi connectivity index (χ3n) is 5.01. The molecular weight excluding hydrogens is 371 g/mol. The lowest BCUT2D eigenvalue weighted by atomic mass is 9.81. The Hall–Kier alpha value is -2.46. The van der Waals surface area contributed by atoms with Crippen molar-refractivity contribution in [2.45, 2.75) is 26.2 Å². The van der Waals surface area contributed by atoms with Crippen LogP contribution in [0.3, 0.4) is 0 Å². The second-order valence-electron chi connectivity index (χ2n) is 7.23. The number of fused-ring (bicyclic) bond motifs is 1. The van der Waals surface area contributed by atoms with E-state index in [0.717, 1.165) is 29.2 Å². The first kappa shape index (κ1) is 20.3. The second kappa shape index (κ2) is 7.88. The van der Waals surface area contributed by atoms with Gasteiger partial charge in [-0.25, -0.2) is 0 Å². The number of nitrogens with zero attached hydrogens (tertiary/aromatic N) is 1. The number of allylic oxidation sites excluding steroid dienone is 3. The highest BCUT2D eigenvalue weighted by atomic mass is 31.2. The van der Waals surface area contributed by atoms with E-state index in [-0.39, 0.29) is 10.7 Å². The van der Waals surface area contributed by atoms with Crippen LogP contribution in [-0.4, -0.2) is 26.6 Å². The van der Waals surface area contributed by atoms with Gasteiger partial charge in [-0.05, 0) is 51.1 Å². The molecule has 0 saturated carbocycles. The van der Waals surface area contributed by atoms with Gasteiger partial charge in [0, 0.05) is 29.6 Å². The molecule has 0 saturated heterocycles. The van der Waals surface area contributed by atoms with Gasteiger partial charge >= 0.3 is 7.60 Å². The molecule has 5 nitrogen and oxygen atoms in total. The van der Waals surface area contributed by atoms with E-state index in [2.05, 4.69) is 36.7 Å². The summed E-state index contributed by atoms with van der Waals surface area (Å²) in [7, 11) is -4.28. The number of rotatable bonds is 6. The van der Waals surface area contributed by atoms with Gasteiger partial charge in [-0.2, -0.15) is 4.58 Å². The molecule has 0 amide bonds. The summed E-state index contributed by atoms with van der Waals surface area (Å²) in [5.74, 6) is 0. The van der Waals surface area contributed by atoms with Crippen LogP contribution >= 0.6 is 7.60 Å². The minimum absolute atomic E-state index is 0.0626. The summed E-state index contributed by atoms with van der Waals surface area (Å²) in [6.45, 7) is 7.01. The van der Waals surface area contributed by atoms with Crippen LogP contribution < -0.4 is 10.6 Å². The molecule has 0 atom stereocenters. The van der Waals surface area contributed by atoms with E-state index in [1.54, 1.807) is 6.07 Å². The summed E-state index contributed by atoms with van der Waals surface area (Å²) < 4.78 is 13.9. The lowest BCUT2D eigenvalue weighted by Crippen LogP contribution is -2.28. The van der Waals surface area contributed by atoms with Gasteiger partial charge in [0.2, 0.25) is 5.69 Å². The van der Waals surface area contributed by atoms with Gasteiger partial charge in [0.15, 0.2) is 5.71 Å².